The zero-order valence-corrected chi connectivity index (χ0v) is 11.2. The number of rotatable bonds is 2. The van der Waals surface area contributed by atoms with Gasteiger partial charge in [0.2, 0.25) is 0 Å². The maximum atomic E-state index is 13.0. The molecule has 0 fully saturated rings. The summed E-state index contributed by atoms with van der Waals surface area (Å²) in [7, 11) is 0. The molecular weight excluding hydrogens is 279 g/mol. The van der Waals surface area contributed by atoms with Crippen LogP contribution in [0.15, 0.2) is 48.5 Å². The Morgan fingerprint density at radius 3 is 2.20 bits per heavy atom. The number of hydrogen-bond donors (Lipinski definition) is 0. The molecule has 0 radical (unpaired) electrons. The first-order valence-electron chi connectivity index (χ1n) is 6.07. The average Bonchev–Trinajstić information content (AvgIpc) is 2.83. The summed E-state index contributed by atoms with van der Waals surface area (Å²) in [6.45, 7) is 0.197. The molecule has 0 bridgehead atoms. The van der Waals surface area contributed by atoms with Crippen LogP contribution in [-0.4, -0.2) is 12.6 Å². The van der Waals surface area contributed by atoms with Gasteiger partial charge in [0, 0.05) is 10.6 Å². The lowest BCUT2D eigenvalue weighted by molar-refractivity contribution is -0.133. The Kier molecular flexibility index (Phi) is 3.28. The molecule has 0 unspecified atom stereocenters. The van der Waals surface area contributed by atoms with E-state index in [0.29, 0.717) is 10.6 Å². The Labute approximate surface area is 120 Å². The molecule has 0 aromatic heterocycles. The largest absolute Gasteiger partial charge is 0.457 e. The van der Waals surface area contributed by atoms with E-state index in [2.05, 4.69) is 0 Å². The Morgan fingerprint density at radius 1 is 0.950 bits per heavy atom. The smallest absolute Gasteiger partial charge is 0.339 e. The quantitative estimate of drug-likeness (QED) is 0.782. The predicted molar refractivity (Wildman–Crippen MR) is 75.6 cm³/mol. The van der Waals surface area contributed by atoms with Crippen LogP contribution in [0.5, 0.6) is 0 Å². The van der Waals surface area contributed by atoms with E-state index in [0.717, 1.165) is 16.7 Å². The Hall–Kier alpha value is -2.13. The first-order valence-corrected chi connectivity index (χ1v) is 6.45. The highest BCUT2D eigenvalue weighted by atomic mass is 35.5. The maximum absolute atomic E-state index is 13.0. The van der Waals surface area contributed by atoms with Crippen molar-refractivity contribution >= 4 is 28.7 Å². The third kappa shape index (κ3) is 2.32. The molecule has 0 aliphatic carbocycles. The maximum Gasteiger partial charge on any atom is 0.339 e. The van der Waals surface area contributed by atoms with Crippen LogP contribution in [0.1, 0.15) is 11.1 Å². The molecule has 0 atom stereocenters. The summed E-state index contributed by atoms with van der Waals surface area (Å²) < 4.78 is 18.1. The van der Waals surface area contributed by atoms with E-state index in [-0.39, 0.29) is 18.4 Å². The lowest BCUT2D eigenvalue weighted by atomic mass is 9.97. The number of carbonyl (C=O) groups is 1. The van der Waals surface area contributed by atoms with Gasteiger partial charge in [-0.2, -0.15) is 0 Å². The molecule has 100 valence electrons. The Morgan fingerprint density at radius 2 is 1.55 bits per heavy atom. The Bertz CT molecular complexity index is 687. The number of carbonyl (C=O) groups excluding carboxylic acids is 1. The van der Waals surface area contributed by atoms with Gasteiger partial charge >= 0.3 is 5.97 Å². The van der Waals surface area contributed by atoms with Crippen molar-refractivity contribution in [3.05, 3.63) is 70.5 Å². The minimum atomic E-state index is -0.369. The summed E-state index contributed by atoms with van der Waals surface area (Å²) in [6, 6.07) is 13.0. The summed E-state index contributed by atoms with van der Waals surface area (Å²) >= 11 is 5.85. The van der Waals surface area contributed by atoms with Gasteiger partial charge in [0.05, 0.1) is 5.57 Å². The molecule has 2 aromatic carbocycles. The molecule has 0 N–H and O–H groups in total. The van der Waals surface area contributed by atoms with Crippen LogP contribution in [0.3, 0.4) is 0 Å². The van der Waals surface area contributed by atoms with Crippen LogP contribution < -0.4 is 0 Å². The number of halogens is 2. The molecule has 0 saturated heterocycles. The highest BCUT2D eigenvalue weighted by Crippen LogP contribution is 2.33. The predicted octanol–water partition coefficient (Wildman–Crippen LogP) is 3.95. The van der Waals surface area contributed by atoms with E-state index in [9.17, 15) is 9.18 Å². The van der Waals surface area contributed by atoms with E-state index < -0.39 is 0 Å². The zero-order valence-electron chi connectivity index (χ0n) is 10.4. The molecule has 0 amide bonds. The zero-order chi connectivity index (χ0) is 14.1. The van der Waals surface area contributed by atoms with Gasteiger partial charge in [0.1, 0.15) is 12.4 Å². The van der Waals surface area contributed by atoms with Gasteiger partial charge < -0.3 is 4.74 Å². The van der Waals surface area contributed by atoms with Crippen molar-refractivity contribution in [3.8, 4) is 0 Å². The summed E-state index contributed by atoms with van der Waals surface area (Å²) in [4.78, 5) is 11.9. The highest BCUT2D eigenvalue weighted by molar-refractivity contribution is 6.31. The summed E-state index contributed by atoms with van der Waals surface area (Å²) in [6.07, 6.45) is 0. The molecule has 1 heterocycles. The molecule has 1 aliphatic heterocycles. The lowest BCUT2D eigenvalue weighted by Gasteiger charge is -2.04. The molecule has 3 rings (SSSR count). The molecular formula is C16H10ClFO2. The van der Waals surface area contributed by atoms with Gasteiger partial charge in [-0.25, -0.2) is 9.18 Å². The average molecular weight is 289 g/mol. The second-order valence-electron chi connectivity index (χ2n) is 4.44. The van der Waals surface area contributed by atoms with Crippen LogP contribution in [0.4, 0.5) is 4.39 Å². The van der Waals surface area contributed by atoms with Crippen LogP contribution in [0, 0.1) is 5.82 Å². The van der Waals surface area contributed by atoms with Gasteiger partial charge in [-0.15, -0.1) is 0 Å². The monoisotopic (exact) mass is 288 g/mol. The van der Waals surface area contributed by atoms with Gasteiger partial charge in [0.25, 0.3) is 0 Å². The number of benzene rings is 2. The van der Waals surface area contributed by atoms with Gasteiger partial charge in [-0.1, -0.05) is 35.9 Å². The topological polar surface area (TPSA) is 26.3 Å². The Balaban J connectivity index is 2.12. The third-order valence-electron chi connectivity index (χ3n) is 3.18. The second-order valence-corrected chi connectivity index (χ2v) is 4.88. The van der Waals surface area contributed by atoms with E-state index in [4.69, 9.17) is 16.3 Å². The molecule has 2 aromatic rings. The van der Waals surface area contributed by atoms with Gasteiger partial charge in [-0.3, -0.25) is 0 Å². The molecule has 2 nitrogen and oxygen atoms in total. The fraction of sp³-hybridized carbons (Fsp3) is 0.0625. The van der Waals surface area contributed by atoms with Gasteiger partial charge in [-0.05, 0) is 35.4 Å². The fourth-order valence-electron chi connectivity index (χ4n) is 2.19. The van der Waals surface area contributed by atoms with Crippen molar-refractivity contribution < 1.29 is 13.9 Å². The van der Waals surface area contributed by atoms with E-state index in [1.807, 2.05) is 0 Å². The third-order valence-corrected chi connectivity index (χ3v) is 3.43. The van der Waals surface area contributed by atoms with Crippen molar-refractivity contribution in [1.82, 2.24) is 0 Å². The lowest BCUT2D eigenvalue weighted by Crippen LogP contribution is -1.98. The first-order chi connectivity index (χ1) is 9.65. The van der Waals surface area contributed by atoms with Crippen LogP contribution in [0.25, 0.3) is 11.1 Å². The number of ether oxygens (including phenoxy) is 1. The first kappa shape index (κ1) is 12.9. The summed E-state index contributed by atoms with van der Waals surface area (Å²) in [5.74, 6) is -0.681. The minimum Gasteiger partial charge on any atom is -0.457 e. The minimum absolute atomic E-state index is 0.197. The number of esters is 1. The number of hydrogen-bond acceptors (Lipinski definition) is 2. The van der Waals surface area contributed by atoms with Crippen molar-refractivity contribution in [3.63, 3.8) is 0 Å². The van der Waals surface area contributed by atoms with Crippen molar-refractivity contribution in [2.45, 2.75) is 0 Å². The molecule has 0 saturated carbocycles. The highest BCUT2D eigenvalue weighted by Gasteiger charge is 2.27. The van der Waals surface area contributed by atoms with E-state index in [1.165, 1.54) is 12.1 Å². The fourth-order valence-corrected chi connectivity index (χ4v) is 2.32. The molecule has 1 aliphatic rings. The summed E-state index contributed by atoms with van der Waals surface area (Å²) in [5, 5.41) is 0.601. The van der Waals surface area contributed by atoms with E-state index >= 15 is 0 Å². The molecule has 0 spiro atoms. The van der Waals surface area contributed by atoms with Crippen molar-refractivity contribution in [2.75, 3.05) is 6.61 Å². The molecule has 4 heteroatoms. The van der Waals surface area contributed by atoms with Crippen LogP contribution >= 0.6 is 11.6 Å². The van der Waals surface area contributed by atoms with Crippen molar-refractivity contribution in [2.24, 2.45) is 0 Å². The SMILES string of the molecule is O=C1OCC(c2ccc(F)cc2)=C1c1ccc(Cl)cc1. The normalized spacial score (nSPS) is 14.6. The standard InChI is InChI=1S/C16H10ClFO2/c17-12-5-1-11(2-6-12)15-14(9-20-16(15)19)10-3-7-13(18)8-4-10/h1-8H,9H2. The van der Waals surface area contributed by atoms with Crippen LogP contribution in [0.2, 0.25) is 5.02 Å². The van der Waals surface area contributed by atoms with Gasteiger partial charge in [0.15, 0.2) is 0 Å². The van der Waals surface area contributed by atoms with Crippen molar-refractivity contribution in [1.29, 1.82) is 0 Å². The number of cyclic esters (lactones) is 1. The second kappa shape index (κ2) is 5.10. The summed E-state index contributed by atoms with van der Waals surface area (Å²) in [5.41, 5.74) is 2.80. The van der Waals surface area contributed by atoms with Crippen LogP contribution in [-0.2, 0) is 9.53 Å². The van der Waals surface area contributed by atoms with E-state index in [1.54, 1.807) is 36.4 Å². The molecule has 20 heavy (non-hydrogen) atoms.